The van der Waals surface area contributed by atoms with Crippen LogP contribution < -0.4 is 10.6 Å². The molecule has 3 aromatic heterocycles. The number of hydrogen-bond donors (Lipinski definition) is 2. The highest BCUT2D eigenvalue weighted by atomic mass is 32.2. The van der Waals surface area contributed by atoms with Crippen LogP contribution in [0.3, 0.4) is 0 Å². The molecule has 0 aliphatic carbocycles. The van der Waals surface area contributed by atoms with Crippen LogP contribution in [0.5, 0.6) is 0 Å². The normalized spacial score (nSPS) is 11.8. The van der Waals surface area contributed by atoms with Gasteiger partial charge in [0.05, 0.1) is 23.8 Å². The summed E-state index contributed by atoms with van der Waals surface area (Å²) in [6.45, 7) is 9.88. The lowest BCUT2D eigenvalue weighted by Gasteiger charge is -2.14. The van der Waals surface area contributed by atoms with E-state index >= 15 is 0 Å². The quantitative estimate of drug-likeness (QED) is 0.382. The Kier molecular flexibility index (Phi) is 7.06. The minimum absolute atomic E-state index is 0.153. The molecular formula is C19H22N6O3S2. The Labute approximate surface area is 182 Å². The van der Waals surface area contributed by atoms with Gasteiger partial charge in [-0.3, -0.25) is 9.59 Å². The van der Waals surface area contributed by atoms with E-state index in [0.717, 1.165) is 10.6 Å². The molecule has 158 valence electrons. The van der Waals surface area contributed by atoms with Gasteiger partial charge in [0.1, 0.15) is 0 Å². The average molecular weight is 447 g/mol. The number of aromatic nitrogens is 4. The van der Waals surface area contributed by atoms with E-state index in [1.807, 2.05) is 18.4 Å². The molecule has 0 radical (unpaired) electrons. The van der Waals surface area contributed by atoms with E-state index in [0.29, 0.717) is 22.7 Å². The lowest BCUT2D eigenvalue weighted by molar-refractivity contribution is -0.113. The number of carbonyl (C=O) groups is 2. The van der Waals surface area contributed by atoms with E-state index in [-0.39, 0.29) is 23.3 Å². The molecule has 1 unspecified atom stereocenters. The largest absolute Gasteiger partial charge is 0.459 e. The zero-order valence-electron chi connectivity index (χ0n) is 16.8. The predicted molar refractivity (Wildman–Crippen MR) is 116 cm³/mol. The first-order valence-corrected chi connectivity index (χ1v) is 10.9. The molecule has 30 heavy (non-hydrogen) atoms. The Morgan fingerprint density at radius 2 is 2.20 bits per heavy atom. The van der Waals surface area contributed by atoms with Gasteiger partial charge in [0.15, 0.2) is 21.9 Å². The highest BCUT2D eigenvalue weighted by Gasteiger charge is 2.21. The van der Waals surface area contributed by atoms with Gasteiger partial charge in [0, 0.05) is 11.4 Å². The average Bonchev–Trinajstić information content (AvgIpc) is 3.42. The molecule has 0 saturated carbocycles. The number of nitrogens with zero attached hydrogens (tertiary/aromatic N) is 4. The van der Waals surface area contributed by atoms with Crippen molar-refractivity contribution < 1.29 is 14.0 Å². The summed E-state index contributed by atoms with van der Waals surface area (Å²) in [6.07, 6.45) is 3.15. The van der Waals surface area contributed by atoms with Crippen molar-refractivity contribution in [1.82, 2.24) is 25.1 Å². The fraction of sp³-hybridized carbons (Fsp3) is 0.316. The van der Waals surface area contributed by atoms with Crippen LogP contribution in [0, 0.1) is 13.8 Å². The van der Waals surface area contributed by atoms with Gasteiger partial charge < -0.3 is 19.6 Å². The van der Waals surface area contributed by atoms with Crippen molar-refractivity contribution in [3.8, 4) is 0 Å². The number of hydrogen-bond acceptors (Lipinski definition) is 8. The van der Waals surface area contributed by atoms with E-state index in [1.54, 1.807) is 25.1 Å². The zero-order valence-corrected chi connectivity index (χ0v) is 18.5. The number of amides is 2. The Bertz CT molecular complexity index is 1020. The molecule has 3 heterocycles. The van der Waals surface area contributed by atoms with Gasteiger partial charge >= 0.3 is 0 Å². The second-order valence-electron chi connectivity index (χ2n) is 6.41. The highest BCUT2D eigenvalue weighted by molar-refractivity contribution is 7.99. The van der Waals surface area contributed by atoms with Crippen LogP contribution in [0.25, 0.3) is 0 Å². The number of allylic oxidation sites excluding steroid dienone is 1. The molecule has 0 saturated heterocycles. The van der Waals surface area contributed by atoms with Crippen LogP contribution in [0.2, 0.25) is 0 Å². The third kappa shape index (κ3) is 5.16. The van der Waals surface area contributed by atoms with Crippen LogP contribution in [0.1, 0.15) is 39.9 Å². The second-order valence-corrected chi connectivity index (χ2v) is 8.56. The minimum Gasteiger partial charge on any atom is -0.459 e. The van der Waals surface area contributed by atoms with Gasteiger partial charge in [-0.2, -0.15) is 0 Å². The molecule has 3 rings (SSSR count). The topological polar surface area (TPSA) is 115 Å². The Balaban J connectivity index is 1.65. The van der Waals surface area contributed by atoms with Crippen molar-refractivity contribution in [3.05, 3.63) is 53.2 Å². The van der Waals surface area contributed by atoms with Crippen molar-refractivity contribution in [1.29, 1.82) is 0 Å². The van der Waals surface area contributed by atoms with Crippen LogP contribution in [0.4, 0.5) is 5.13 Å². The number of furan rings is 1. The van der Waals surface area contributed by atoms with E-state index in [2.05, 4.69) is 32.4 Å². The minimum atomic E-state index is -0.417. The molecule has 0 aliphatic rings. The van der Waals surface area contributed by atoms with Gasteiger partial charge in [0.2, 0.25) is 5.91 Å². The molecule has 0 spiro atoms. The highest BCUT2D eigenvalue weighted by Crippen LogP contribution is 2.23. The number of aryl methyl sites for hydroxylation is 2. The molecule has 0 aliphatic heterocycles. The molecule has 3 aromatic rings. The maximum Gasteiger partial charge on any atom is 0.287 e. The van der Waals surface area contributed by atoms with Gasteiger partial charge in [-0.25, -0.2) is 4.98 Å². The maximum absolute atomic E-state index is 12.3. The smallest absolute Gasteiger partial charge is 0.287 e. The number of thioether (sulfide) groups is 1. The molecular weight excluding hydrogens is 424 g/mol. The third-order valence-corrected chi connectivity index (χ3v) is 6.10. The summed E-state index contributed by atoms with van der Waals surface area (Å²) in [6, 6.07) is 2.81. The van der Waals surface area contributed by atoms with Crippen molar-refractivity contribution in [2.24, 2.45) is 0 Å². The Morgan fingerprint density at radius 3 is 2.83 bits per heavy atom. The van der Waals surface area contributed by atoms with Crippen LogP contribution >= 0.6 is 23.1 Å². The van der Waals surface area contributed by atoms with E-state index < -0.39 is 6.04 Å². The van der Waals surface area contributed by atoms with Crippen LogP contribution in [-0.4, -0.2) is 37.3 Å². The first-order chi connectivity index (χ1) is 14.4. The molecule has 0 fully saturated rings. The number of rotatable bonds is 9. The summed E-state index contributed by atoms with van der Waals surface area (Å²) in [5.74, 6) is 0.408. The summed E-state index contributed by atoms with van der Waals surface area (Å²) in [7, 11) is 0. The van der Waals surface area contributed by atoms with Crippen molar-refractivity contribution in [3.63, 3.8) is 0 Å². The van der Waals surface area contributed by atoms with Gasteiger partial charge in [-0.15, -0.1) is 28.1 Å². The molecule has 0 aromatic carbocycles. The number of thiazole rings is 1. The van der Waals surface area contributed by atoms with Crippen LogP contribution in [0.15, 0.2) is 40.6 Å². The lowest BCUT2D eigenvalue weighted by Crippen LogP contribution is -2.28. The van der Waals surface area contributed by atoms with Crippen molar-refractivity contribution in [2.75, 3.05) is 11.1 Å². The monoisotopic (exact) mass is 446 g/mol. The number of carbonyl (C=O) groups excluding carboxylic acids is 2. The zero-order chi connectivity index (χ0) is 21.7. The molecule has 9 nitrogen and oxygen atoms in total. The fourth-order valence-corrected chi connectivity index (χ4v) is 4.17. The Hall–Kier alpha value is -2.92. The molecule has 11 heteroatoms. The van der Waals surface area contributed by atoms with Gasteiger partial charge in [-0.1, -0.05) is 17.8 Å². The standard InChI is InChI=1S/C19H22N6O3S2/c1-5-8-25-16(12(3)20-17(27)14-7-6-9-28-14)23-24-19(25)29-10-15(26)22-18-21-11(2)13(4)30-18/h5-7,9,12H,1,8,10H2,2-4H3,(H,20,27)(H,21,22,26). The summed E-state index contributed by atoms with van der Waals surface area (Å²) in [4.78, 5) is 29.9. The number of anilines is 1. The lowest BCUT2D eigenvalue weighted by atomic mass is 10.3. The summed E-state index contributed by atoms with van der Waals surface area (Å²) in [5.41, 5.74) is 0.906. The van der Waals surface area contributed by atoms with Gasteiger partial charge in [-0.05, 0) is 32.9 Å². The second kappa shape index (κ2) is 9.72. The summed E-state index contributed by atoms with van der Waals surface area (Å²) in [5, 5.41) is 15.2. The van der Waals surface area contributed by atoms with E-state index in [4.69, 9.17) is 4.42 Å². The predicted octanol–water partition coefficient (Wildman–Crippen LogP) is 3.35. The third-order valence-electron chi connectivity index (χ3n) is 4.14. The van der Waals surface area contributed by atoms with Crippen molar-refractivity contribution in [2.45, 2.75) is 38.5 Å². The fourth-order valence-electron chi connectivity index (χ4n) is 2.58. The SMILES string of the molecule is C=CCn1c(SCC(=O)Nc2nc(C)c(C)s2)nnc1C(C)NC(=O)c1ccco1. The van der Waals surface area contributed by atoms with E-state index in [1.165, 1.54) is 29.4 Å². The van der Waals surface area contributed by atoms with Crippen LogP contribution in [-0.2, 0) is 11.3 Å². The van der Waals surface area contributed by atoms with E-state index in [9.17, 15) is 9.59 Å². The van der Waals surface area contributed by atoms with Gasteiger partial charge in [0.25, 0.3) is 5.91 Å². The van der Waals surface area contributed by atoms with Crippen molar-refractivity contribution >= 4 is 40.0 Å². The summed E-state index contributed by atoms with van der Waals surface area (Å²) >= 11 is 2.70. The molecule has 0 bridgehead atoms. The number of nitrogens with one attached hydrogen (secondary N) is 2. The summed E-state index contributed by atoms with van der Waals surface area (Å²) < 4.78 is 6.93. The maximum atomic E-state index is 12.3. The molecule has 2 N–H and O–H groups in total. The first-order valence-electron chi connectivity index (χ1n) is 9.14. The molecule has 1 atom stereocenters. The first kappa shape index (κ1) is 21.8. The molecule has 2 amide bonds. The Morgan fingerprint density at radius 1 is 1.40 bits per heavy atom.